The van der Waals surface area contributed by atoms with E-state index in [0.717, 1.165) is 12.0 Å². The predicted molar refractivity (Wildman–Crippen MR) is 82.2 cm³/mol. The zero-order valence-electron chi connectivity index (χ0n) is 11.9. The van der Waals surface area contributed by atoms with Crippen LogP contribution in [0.3, 0.4) is 0 Å². The van der Waals surface area contributed by atoms with Crippen molar-refractivity contribution in [2.75, 3.05) is 6.54 Å². The molecule has 0 aliphatic heterocycles. The van der Waals surface area contributed by atoms with Crippen molar-refractivity contribution < 1.29 is 4.79 Å². The van der Waals surface area contributed by atoms with E-state index >= 15 is 0 Å². The van der Waals surface area contributed by atoms with Gasteiger partial charge in [-0.05, 0) is 30.4 Å². The number of nitrogens with one attached hydrogen (secondary N) is 1. The lowest BCUT2D eigenvalue weighted by molar-refractivity contribution is 0.0952. The number of hydrogen-bond donors (Lipinski definition) is 1. The van der Waals surface area contributed by atoms with E-state index in [-0.39, 0.29) is 16.7 Å². The summed E-state index contributed by atoms with van der Waals surface area (Å²) in [4.78, 5) is 12.0. The third-order valence-electron chi connectivity index (χ3n) is 2.75. The quantitative estimate of drug-likeness (QED) is 0.819. The number of carbonyl (C=O) groups excluding carboxylic acids is 1. The molecule has 0 heterocycles. The number of rotatable bonds is 4. The molecule has 0 aliphatic rings. The summed E-state index contributed by atoms with van der Waals surface area (Å²) >= 11 is 12.3. The fourth-order valence-corrected chi connectivity index (χ4v) is 2.61. The molecule has 0 aromatic heterocycles. The van der Waals surface area contributed by atoms with Gasteiger partial charge in [0.2, 0.25) is 0 Å². The van der Waals surface area contributed by atoms with Crippen LogP contribution in [0.5, 0.6) is 0 Å². The lowest BCUT2D eigenvalue weighted by atomic mass is 9.90. The second-order valence-corrected chi connectivity index (χ2v) is 7.00. The van der Waals surface area contributed by atoms with Crippen LogP contribution < -0.4 is 5.32 Å². The fraction of sp³-hybridized carbons (Fsp3) is 0.533. The molecule has 1 aromatic carbocycles. The predicted octanol–water partition coefficient (Wildman–Crippen LogP) is 4.42. The highest BCUT2D eigenvalue weighted by atomic mass is 35.5. The van der Waals surface area contributed by atoms with Crippen LogP contribution in [0.15, 0.2) is 18.2 Å². The van der Waals surface area contributed by atoms with E-state index in [4.69, 9.17) is 23.2 Å². The summed E-state index contributed by atoms with van der Waals surface area (Å²) < 4.78 is 0. The first kappa shape index (κ1) is 16.3. The Morgan fingerprint density at radius 3 is 2.58 bits per heavy atom. The minimum Gasteiger partial charge on any atom is -0.351 e. The first-order chi connectivity index (χ1) is 8.70. The molecule has 1 amide bonds. The Labute approximate surface area is 125 Å². The number of alkyl halides is 1. The van der Waals surface area contributed by atoms with Gasteiger partial charge in [-0.2, -0.15) is 0 Å². The van der Waals surface area contributed by atoms with Crippen LogP contribution >= 0.6 is 23.2 Å². The van der Waals surface area contributed by atoms with Gasteiger partial charge >= 0.3 is 0 Å². The minimum atomic E-state index is -0.173. The van der Waals surface area contributed by atoms with Crippen LogP contribution in [0, 0.1) is 12.3 Å². The number of benzene rings is 1. The highest BCUT2D eigenvalue weighted by Gasteiger charge is 2.18. The van der Waals surface area contributed by atoms with E-state index in [2.05, 4.69) is 26.1 Å². The summed E-state index contributed by atoms with van der Waals surface area (Å²) in [6.07, 6.45) is 0.844. The molecule has 1 aromatic rings. The molecule has 0 radical (unpaired) electrons. The molecular formula is C15H21Cl2NO. The van der Waals surface area contributed by atoms with Gasteiger partial charge in [0.1, 0.15) is 0 Å². The number of halogens is 2. The Morgan fingerprint density at radius 1 is 1.37 bits per heavy atom. The molecule has 1 atom stereocenters. The fourth-order valence-electron chi connectivity index (χ4n) is 1.86. The van der Waals surface area contributed by atoms with Gasteiger partial charge in [0.05, 0.1) is 16.0 Å². The Hall–Kier alpha value is -0.730. The molecule has 1 rings (SSSR count). The van der Waals surface area contributed by atoms with E-state index in [0.29, 0.717) is 17.1 Å². The second-order valence-electron chi connectivity index (χ2n) is 6.01. The summed E-state index contributed by atoms with van der Waals surface area (Å²) in [5, 5.41) is 3.26. The van der Waals surface area contributed by atoms with Crippen molar-refractivity contribution in [3.8, 4) is 0 Å². The molecule has 0 saturated heterocycles. The molecule has 0 saturated carbocycles. The van der Waals surface area contributed by atoms with E-state index < -0.39 is 0 Å². The first-order valence-electron chi connectivity index (χ1n) is 6.38. The smallest absolute Gasteiger partial charge is 0.252 e. The van der Waals surface area contributed by atoms with Crippen molar-refractivity contribution in [1.29, 1.82) is 0 Å². The van der Waals surface area contributed by atoms with Crippen molar-refractivity contribution in [3.05, 3.63) is 34.3 Å². The molecule has 106 valence electrons. The van der Waals surface area contributed by atoms with E-state index in [1.807, 2.05) is 19.1 Å². The maximum absolute atomic E-state index is 12.0. The third kappa shape index (κ3) is 5.42. The average Bonchev–Trinajstić information content (AvgIpc) is 2.27. The summed E-state index contributed by atoms with van der Waals surface area (Å²) in [6.45, 7) is 8.70. The lowest BCUT2D eigenvalue weighted by Gasteiger charge is -2.22. The SMILES string of the molecule is Cc1cccc(C(=O)NCC(Cl)CC(C)(C)C)c1Cl. The summed E-state index contributed by atoms with van der Waals surface area (Å²) in [6, 6.07) is 5.42. The van der Waals surface area contributed by atoms with Gasteiger partial charge in [0, 0.05) is 6.54 Å². The third-order valence-corrected chi connectivity index (χ3v) is 3.56. The van der Waals surface area contributed by atoms with Gasteiger partial charge in [-0.15, -0.1) is 11.6 Å². The molecule has 0 spiro atoms. The Kier molecular flexibility index (Phi) is 5.69. The van der Waals surface area contributed by atoms with Crippen LogP contribution in [0.4, 0.5) is 0 Å². The number of carbonyl (C=O) groups is 1. The lowest BCUT2D eigenvalue weighted by Crippen LogP contribution is -2.31. The normalized spacial score (nSPS) is 13.2. The zero-order chi connectivity index (χ0) is 14.6. The van der Waals surface area contributed by atoms with Gasteiger partial charge in [0.15, 0.2) is 0 Å². The van der Waals surface area contributed by atoms with Gasteiger partial charge in [-0.25, -0.2) is 0 Å². The van der Waals surface area contributed by atoms with Crippen molar-refractivity contribution in [2.45, 2.75) is 39.5 Å². The van der Waals surface area contributed by atoms with Crippen molar-refractivity contribution in [3.63, 3.8) is 0 Å². The van der Waals surface area contributed by atoms with Crippen molar-refractivity contribution in [2.24, 2.45) is 5.41 Å². The van der Waals surface area contributed by atoms with Gasteiger partial charge in [-0.1, -0.05) is 44.5 Å². The maximum Gasteiger partial charge on any atom is 0.252 e. The molecule has 0 aliphatic carbocycles. The number of aryl methyl sites for hydroxylation is 1. The first-order valence-corrected chi connectivity index (χ1v) is 7.19. The largest absolute Gasteiger partial charge is 0.351 e. The second kappa shape index (κ2) is 6.62. The molecule has 0 fully saturated rings. The van der Waals surface area contributed by atoms with Crippen molar-refractivity contribution >= 4 is 29.1 Å². The van der Waals surface area contributed by atoms with Crippen LogP contribution in [0.1, 0.15) is 43.1 Å². The molecule has 2 nitrogen and oxygen atoms in total. The van der Waals surface area contributed by atoms with Gasteiger partial charge in [-0.3, -0.25) is 4.79 Å². The van der Waals surface area contributed by atoms with Gasteiger partial charge < -0.3 is 5.32 Å². The molecule has 1 N–H and O–H groups in total. The van der Waals surface area contributed by atoms with E-state index in [1.54, 1.807) is 6.07 Å². The zero-order valence-corrected chi connectivity index (χ0v) is 13.4. The van der Waals surface area contributed by atoms with Crippen molar-refractivity contribution in [1.82, 2.24) is 5.32 Å². The van der Waals surface area contributed by atoms with Gasteiger partial charge in [0.25, 0.3) is 5.91 Å². The summed E-state index contributed by atoms with van der Waals surface area (Å²) in [5.74, 6) is -0.173. The van der Waals surface area contributed by atoms with Crippen LogP contribution in [-0.2, 0) is 0 Å². The molecule has 19 heavy (non-hydrogen) atoms. The molecule has 1 unspecified atom stereocenters. The molecular weight excluding hydrogens is 281 g/mol. The summed E-state index contributed by atoms with van der Waals surface area (Å²) in [5.41, 5.74) is 1.55. The highest BCUT2D eigenvalue weighted by Crippen LogP contribution is 2.23. The van der Waals surface area contributed by atoms with E-state index in [9.17, 15) is 4.79 Å². The summed E-state index contributed by atoms with van der Waals surface area (Å²) in [7, 11) is 0. The van der Waals surface area contributed by atoms with E-state index in [1.165, 1.54) is 0 Å². The number of amides is 1. The standard InChI is InChI=1S/C15H21Cl2NO/c1-10-6-5-7-12(13(10)17)14(19)18-9-11(16)8-15(2,3)4/h5-7,11H,8-9H2,1-4H3,(H,18,19). The number of hydrogen-bond acceptors (Lipinski definition) is 1. The maximum atomic E-state index is 12.0. The molecule has 4 heteroatoms. The minimum absolute atomic E-state index is 0.0764. The molecule has 0 bridgehead atoms. The van der Waals surface area contributed by atoms with Crippen LogP contribution in [-0.4, -0.2) is 17.8 Å². The van der Waals surface area contributed by atoms with Crippen LogP contribution in [0.25, 0.3) is 0 Å². The average molecular weight is 302 g/mol. The highest BCUT2D eigenvalue weighted by molar-refractivity contribution is 6.34. The van der Waals surface area contributed by atoms with Crippen LogP contribution in [0.2, 0.25) is 5.02 Å². The Morgan fingerprint density at radius 2 is 2.00 bits per heavy atom. The topological polar surface area (TPSA) is 29.1 Å². The Bertz CT molecular complexity index is 452. The monoisotopic (exact) mass is 301 g/mol. The Balaban J connectivity index is 2.59.